The van der Waals surface area contributed by atoms with E-state index in [1.807, 2.05) is 19.1 Å². The fraction of sp³-hybridized carbons (Fsp3) is 0.533. The van der Waals surface area contributed by atoms with Crippen LogP contribution >= 0.6 is 0 Å². The lowest BCUT2D eigenvalue weighted by Gasteiger charge is -2.40. The zero-order chi connectivity index (χ0) is 13.2. The van der Waals surface area contributed by atoms with Crippen LogP contribution < -0.4 is 11.1 Å². The number of rotatable bonds is 4. The second-order valence-electron chi connectivity index (χ2n) is 5.39. The summed E-state index contributed by atoms with van der Waals surface area (Å²) < 4.78 is 0. The van der Waals surface area contributed by atoms with E-state index in [0.29, 0.717) is 6.54 Å². The normalized spacial score (nSPS) is 18.8. The first-order valence-electron chi connectivity index (χ1n) is 6.66. The van der Waals surface area contributed by atoms with Gasteiger partial charge in [-0.15, -0.1) is 0 Å². The number of aryl methyl sites for hydroxylation is 1. The minimum Gasteiger partial charge on any atom is -0.349 e. The van der Waals surface area contributed by atoms with Gasteiger partial charge in [-0.1, -0.05) is 30.7 Å². The molecule has 1 aromatic rings. The van der Waals surface area contributed by atoms with Crippen molar-refractivity contribution in [1.82, 2.24) is 5.32 Å². The van der Waals surface area contributed by atoms with Gasteiger partial charge in [-0.2, -0.15) is 0 Å². The van der Waals surface area contributed by atoms with E-state index in [1.54, 1.807) is 0 Å². The smallest absolute Gasteiger partial charge is 0.227 e. The molecule has 0 aliphatic heterocycles. The van der Waals surface area contributed by atoms with E-state index in [4.69, 9.17) is 5.73 Å². The van der Waals surface area contributed by atoms with E-state index in [0.717, 1.165) is 19.3 Å². The Labute approximate surface area is 109 Å². The SMILES string of the molecule is Cc1ccccc1C(C)NC(=O)C1(CN)CCC1. The highest BCUT2D eigenvalue weighted by molar-refractivity contribution is 5.84. The molecule has 1 aromatic carbocycles. The summed E-state index contributed by atoms with van der Waals surface area (Å²) in [5.74, 6) is 0.118. The minimum absolute atomic E-state index is 0.0442. The summed E-state index contributed by atoms with van der Waals surface area (Å²) in [5, 5.41) is 3.11. The molecule has 1 aliphatic rings. The predicted octanol–water partition coefficient (Wildman–Crippen LogP) is 2.30. The molecule has 18 heavy (non-hydrogen) atoms. The quantitative estimate of drug-likeness (QED) is 0.856. The van der Waals surface area contributed by atoms with Crippen LogP contribution in [0.15, 0.2) is 24.3 Å². The van der Waals surface area contributed by atoms with Gasteiger partial charge in [-0.05, 0) is 37.8 Å². The van der Waals surface area contributed by atoms with Crippen LogP contribution in [0.5, 0.6) is 0 Å². The zero-order valence-corrected chi connectivity index (χ0v) is 11.2. The van der Waals surface area contributed by atoms with Crippen molar-refractivity contribution in [1.29, 1.82) is 0 Å². The van der Waals surface area contributed by atoms with Gasteiger partial charge < -0.3 is 11.1 Å². The number of carbonyl (C=O) groups excluding carboxylic acids is 1. The summed E-state index contributed by atoms with van der Waals surface area (Å²) in [4.78, 5) is 12.3. The molecule has 0 spiro atoms. The number of hydrogen-bond donors (Lipinski definition) is 2. The zero-order valence-electron chi connectivity index (χ0n) is 11.2. The molecule has 1 amide bonds. The fourth-order valence-corrected chi connectivity index (χ4v) is 2.63. The maximum Gasteiger partial charge on any atom is 0.227 e. The Morgan fingerprint density at radius 1 is 1.44 bits per heavy atom. The van der Waals surface area contributed by atoms with Gasteiger partial charge in [0.1, 0.15) is 0 Å². The van der Waals surface area contributed by atoms with E-state index in [9.17, 15) is 4.79 Å². The molecule has 0 radical (unpaired) electrons. The van der Waals surface area contributed by atoms with Gasteiger partial charge in [0.2, 0.25) is 5.91 Å². The van der Waals surface area contributed by atoms with E-state index >= 15 is 0 Å². The average molecular weight is 246 g/mol. The Morgan fingerprint density at radius 2 is 2.11 bits per heavy atom. The molecular formula is C15H22N2O. The highest BCUT2D eigenvalue weighted by Gasteiger charge is 2.43. The first-order chi connectivity index (χ1) is 8.59. The number of nitrogens with two attached hydrogens (primary N) is 1. The Hall–Kier alpha value is -1.35. The summed E-state index contributed by atoms with van der Waals surface area (Å²) in [6.07, 6.45) is 2.97. The predicted molar refractivity (Wildman–Crippen MR) is 73.1 cm³/mol. The van der Waals surface area contributed by atoms with Crippen LogP contribution in [0.1, 0.15) is 43.4 Å². The number of hydrogen-bond acceptors (Lipinski definition) is 2. The van der Waals surface area contributed by atoms with Gasteiger partial charge in [0.05, 0.1) is 11.5 Å². The molecule has 0 bridgehead atoms. The van der Waals surface area contributed by atoms with Crippen molar-refractivity contribution in [2.24, 2.45) is 11.1 Å². The number of carbonyl (C=O) groups is 1. The van der Waals surface area contributed by atoms with Gasteiger partial charge in [0.25, 0.3) is 0 Å². The van der Waals surface area contributed by atoms with Crippen molar-refractivity contribution >= 4 is 5.91 Å². The number of amides is 1. The first-order valence-corrected chi connectivity index (χ1v) is 6.66. The summed E-state index contributed by atoms with van der Waals surface area (Å²) >= 11 is 0. The van der Waals surface area contributed by atoms with Crippen molar-refractivity contribution in [2.45, 2.75) is 39.2 Å². The summed E-state index contributed by atoms with van der Waals surface area (Å²) in [7, 11) is 0. The van der Waals surface area contributed by atoms with Crippen LogP contribution in [-0.2, 0) is 4.79 Å². The van der Waals surface area contributed by atoms with Gasteiger partial charge >= 0.3 is 0 Å². The summed E-state index contributed by atoms with van der Waals surface area (Å²) in [5.41, 5.74) is 7.85. The second kappa shape index (κ2) is 5.11. The molecule has 0 heterocycles. The lowest BCUT2D eigenvalue weighted by molar-refractivity contribution is -0.135. The molecule has 1 unspecified atom stereocenters. The average Bonchev–Trinajstić information content (AvgIpc) is 2.28. The van der Waals surface area contributed by atoms with Gasteiger partial charge in [0.15, 0.2) is 0 Å². The Bertz CT molecular complexity index is 432. The fourth-order valence-electron chi connectivity index (χ4n) is 2.63. The van der Waals surface area contributed by atoms with E-state index in [1.165, 1.54) is 11.1 Å². The van der Waals surface area contributed by atoms with Crippen molar-refractivity contribution in [3.05, 3.63) is 35.4 Å². The molecule has 1 aliphatic carbocycles. The number of benzene rings is 1. The third kappa shape index (κ3) is 2.27. The second-order valence-corrected chi connectivity index (χ2v) is 5.39. The summed E-state index contributed by atoms with van der Waals surface area (Å²) in [6, 6.07) is 8.20. The molecule has 2 rings (SSSR count). The largest absolute Gasteiger partial charge is 0.349 e. The van der Waals surface area contributed by atoms with Crippen LogP contribution in [-0.4, -0.2) is 12.5 Å². The molecule has 1 fully saturated rings. The van der Waals surface area contributed by atoms with Crippen molar-refractivity contribution < 1.29 is 4.79 Å². The minimum atomic E-state index is -0.295. The summed E-state index contributed by atoms with van der Waals surface area (Å²) in [6.45, 7) is 4.56. The van der Waals surface area contributed by atoms with Crippen molar-refractivity contribution in [2.75, 3.05) is 6.54 Å². The van der Waals surface area contributed by atoms with Crippen LogP contribution in [0.25, 0.3) is 0 Å². The molecule has 3 N–H and O–H groups in total. The Balaban J connectivity index is 2.06. The van der Waals surface area contributed by atoms with Crippen molar-refractivity contribution in [3.8, 4) is 0 Å². The Morgan fingerprint density at radius 3 is 2.61 bits per heavy atom. The maximum absolute atomic E-state index is 12.3. The van der Waals surface area contributed by atoms with Crippen LogP contribution in [0.4, 0.5) is 0 Å². The van der Waals surface area contributed by atoms with E-state index in [-0.39, 0.29) is 17.4 Å². The van der Waals surface area contributed by atoms with Gasteiger partial charge in [0, 0.05) is 6.54 Å². The van der Waals surface area contributed by atoms with Crippen LogP contribution in [0, 0.1) is 12.3 Å². The lowest BCUT2D eigenvalue weighted by atomic mass is 9.68. The standard InChI is InChI=1S/C15H22N2O/c1-11-6-3-4-7-13(11)12(2)17-14(18)15(10-16)8-5-9-15/h3-4,6-7,12H,5,8-10,16H2,1-2H3,(H,17,18). The van der Waals surface area contributed by atoms with Crippen molar-refractivity contribution in [3.63, 3.8) is 0 Å². The van der Waals surface area contributed by atoms with Gasteiger partial charge in [-0.25, -0.2) is 0 Å². The lowest BCUT2D eigenvalue weighted by Crippen LogP contribution is -2.50. The Kier molecular flexibility index (Phi) is 3.71. The molecule has 1 saturated carbocycles. The highest BCUT2D eigenvalue weighted by atomic mass is 16.2. The molecule has 98 valence electrons. The van der Waals surface area contributed by atoms with Crippen LogP contribution in [0.3, 0.4) is 0 Å². The maximum atomic E-state index is 12.3. The molecule has 3 nitrogen and oxygen atoms in total. The monoisotopic (exact) mass is 246 g/mol. The molecule has 1 atom stereocenters. The number of nitrogens with one attached hydrogen (secondary N) is 1. The third-order valence-corrected chi connectivity index (χ3v) is 4.19. The van der Waals surface area contributed by atoms with E-state index < -0.39 is 0 Å². The molecule has 0 saturated heterocycles. The molecular weight excluding hydrogens is 224 g/mol. The molecule has 3 heteroatoms. The molecule has 0 aromatic heterocycles. The first kappa shape index (κ1) is 13.1. The topological polar surface area (TPSA) is 55.1 Å². The third-order valence-electron chi connectivity index (χ3n) is 4.19. The highest BCUT2D eigenvalue weighted by Crippen LogP contribution is 2.40. The van der Waals surface area contributed by atoms with Gasteiger partial charge in [-0.3, -0.25) is 4.79 Å². The van der Waals surface area contributed by atoms with Crippen LogP contribution in [0.2, 0.25) is 0 Å². The van der Waals surface area contributed by atoms with E-state index in [2.05, 4.69) is 24.4 Å².